The third-order valence-corrected chi connectivity index (χ3v) is 7.01. The van der Waals surface area contributed by atoms with Crippen molar-refractivity contribution in [3.05, 3.63) is 49.6 Å². The van der Waals surface area contributed by atoms with Gasteiger partial charge in [-0.2, -0.15) is 4.98 Å². The fourth-order valence-electron chi connectivity index (χ4n) is 4.42. The SMILES string of the molecule is Cc1nc2cc(C)c(Nc3ncc4c(n3)n(C3CCCCC3)c(=O)c(=O)n4C)cc2s1. The Kier molecular flexibility index (Phi) is 4.85. The fraction of sp³-hybridized carbons (Fsp3) is 0.409. The molecule has 1 fully saturated rings. The third-order valence-electron chi connectivity index (χ3n) is 6.07. The van der Waals surface area contributed by atoms with Crippen LogP contribution in [0.15, 0.2) is 27.9 Å². The zero-order valence-corrected chi connectivity index (χ0v) is 18.6. The van der Waals surface area contributed by atoms with Gasteiger partial charge in [-0.05, 0) is 44.4 Å². The van der Waals surface area contributed by atoms with Crippen molar-refractivity contribution in [2.45, 2.75) is 52.0 Å². The molecule has 4 aromatic rings. The van der Waals surface area contributed by atoms with Crippen LogP contribution in [0.5, 0.6) is 0 Å². The Labute approximate surface area is 182 Å². The number of hydrogen-bond acceptors (Lipinski definition) is 7. The zero-order valence-electron chi connectivity index (χ0n) is 17.8. The summed E-state index contributed by atoms with van der Waals surface area (Å²) in [5.74, 6) is 0.402. The standard InChI is InChI=1S/C22H24N6O2S/c1-12-9-16-18(31-13(2)24-16)10-15(12)25-22-23-11-17-19(26-22)28(14-7-5-4-6-8-14)21(30)20(29)27(17)3/h9-11,14H,4-8H2,1-3H3,(H,23,25,26). The van der Waals surface area contributed by atoms with E-state index in [1.165, 1.54) is 4.57 Å². The first kappa shape index (κ1) is 19.9. The van der Waals surface area contributed by atoms with Crippen LogP contribution in [-0.2, 0) is 7.05 Å². The average molecular weight is 437 g/mol. The van der Waals surface area contributed by atoms with E-state index < -0.39 is 11.1 Å². The lowest BCUT2D eigenvalue weighted by molar-refractivity contribution is 0.350. The largest absolute Gasteiger partial charge is 0.324 e. The van der Waals surface area contributed by atoms with Gasteiger partial charge in [-0.1, -0.05) is 19.3 Å². The number of aryl methyl sites for hydroxylation is 3. The Bertz CT molecular complexity index is 1430. The van der Waals surface area contributed by atoms with Crippen molar-refractivity contribution in [2.24, 2.45) is 7.05 Å². The van der Waals surface area contributed by atoms with E-state index >= 15 is 0 Å². The van der Waals surface area contributed by atoms with Crippen LogP contribution in [-0.4, -0.2) is 24.1 Å². The minimum Gasteiger partial charge on any atom is -0.324 e. The summed E-state index contributed by atoms with van der Waals surface area (Å²) < 4.78 is 4.04. The highest BCUT2D eigenvalue weighted by Gasteiger charge is 2.22. The summed E-state index contributed by atoms with van der Waals surface area (Å²) in [7, 11) is 1.60. The summed E-state index contributed by atoms with van der Waals surface area (Å²) in [4.78, 5) is 39.1. The van der Waals surface area contributed by atoms with E-state index in [0.29, 0.717) is 17.1 Å². The normalized spacial score (nSPS) is 15.1. The minimum atomic E-state index is -0.538. The van der Waals surface area contributed by atoms with Crippen LogP contribution >= 0.6 is 11.3 Å². The highest BCUT2D eigenvalue weighted by atomic mass is 32.1. The molecule has 0 saturated heterocycles. The number of nitrogens with one attached hydrogen (secondary N) is 1. The summed E-state index contributed by atoms with van der Waals surface area (Å²) in [6.07, 6.45) is 6.66. The predicted octanol–water partition coefficient (Wildman–Crippen LogP) is 3.97. The molecular weight excluding hydrogens is 412 g/mol. The number of nitrogens with zero attached hydrogens (tertiary/aromatic N) is 5. The zero-order chi connectivity index (χ0) is 21.7. The molecule has 160 valence electrons. The molecule has 0 aliphatic heterocycles. The van der Waals surface area contributed by atoms with Crippen LogP contribution in [0.3, 0.4) is 0 Å². The molecule has 0 unspecified atom stereocenters. The first-order valence-electron chi connectivity index (χ1n) is 10.6. The van der Waals surface area contributed by atoms with E-state index in [9.17, 15) is 9.59 Å². The first-order valence-corrected chi connectivity index (χ1v) is 11.4. The van der Waals surface area contributed by atoms with Crippen molar-refractivity contribution < 1.29 is 0 Å². The monoisotopic (exact) mass is 436 g/mol. The Morgan fingerprint density at radius 2 is 1.84 bits per heavy atom. The van der Waals surface area contributed by atoms with E-state index in [1.807, 2.05) is 19.9 Å². The van der Waals surface area contributed by atoms with Crippen LogP contribution in [0, 0.1) is 13.8 Å². The summed E-state index contributed by atoms with van der Waals surface area (Å²) in [5.41, 5.74) is 2.92. The van der Waals surface area contributed by atoms with Crippen LogP contribution in [0.2, 0.25) is 0 Å². The Morgan fingerprint density at radius 1 is 1.06 bits per heavy atom. The lowest BCUT2D eigenvalue weighted by Gasteiger charge is -2.25. The van der Waals surface area contributed by atoms with Crippen molar-refractivity contribution in [1.29, 1.82) is 0 Å². The van der Waals surface area contributed by atoms with Crippen LogP contribution in [0.25, 0.3) is 21.4 Å². The molecule has 31 heavy (non-hydrogen) atoms. The molecule has 1 N–H and O–H groups in total. The summed E-state index contributed by atoms with van der Waals surface area (Å²) in [5, 5.41) is 4.32. The van der Waals surface area contributed by atoms with Gasteiger partial charge in [0.25, 0.3) is 0 Å². The van der Waals surface area contributed by atoms with E-state index in [-0.39, 0.29) is 6.04 Å². The Balaban J connectivity index is 1.64. The van der Waals surface area contributed by atoms with Gasteiger partial charge in [0.15, 0.2) is 5.65 Å². The Morgan fingerprint density at radius 3 is 2.61 bits per heavy atom. The number of anilines is 2. The molecule has 1 aliphatic carbocycles. The van der Waals surface area contributed by atoms with Crippen molar-refractivity contribution in [2.75, 3.05) is 5.32 Å². The Hall–Kier alpha value is -3.07. The molecule has 8 nitrogen and oxygen atoms in total. The lowest BCUT2D eigenvalue weighted by Crippen LogP contribution is -2.42. The number of rotatable bonds is 3. The molecule has 0 spiro atoms. The number of benzene rings is 1. The maximum atomic E-state index is 12.9. The van der Waals surface area contributed by atoms with Gasteiger partial charge in [0, 0.05) is 18.8 Å². The van der Waals surface area contributed by atoms with Crippen molar-refractivity contribution in [3.8, 4) is 0 Å². The molecule has 3 heterocycles. The van der Waals surface area contributed by atoms with Gasteiger partial charge in [-0.3, -0.25) is 14.2 Å². The van der Waals surface area contributed by atoms with Gasteiger partial charge < -0.3 is 9.88 Å². The van der Waals surface area contributed by atoms with Gasteiger partial charge in [0.2, 0.25) is 5.95 Å². The number of thiazole rings is 1. The second-order valence-electron chi connectivity index (χ2n) is 8.23. The molecule has 0 radical (unpaired) electrons. The molecule has 9 heteroatoms. The van der Waals surface area contributed by atoms with Gasteiger partial charge >= 0.3 is 11.1 Å². The minimum absolute atomic E-state index is 0.00125. The number of hydrogen-bond donors (Lipinski definition) is 1. The second-order valence-corrected chi connectivity index (χ2v) is 9.46. The van der Waals surface area contributed by atoms with E-state index in [2.05, 4.69) is 21.4 Å². The van der Waals surface area contributed by atoms with Gasteiger partial charge in [0.1, 0.15) is 5.52 Å². The first-order chi connectivity index (χ1) is 14.9. The molecule has 1 aliphatic rings. The molecule has 0 atom stereocenters. The van der Waals surface area contributed by atoms with E-state index in [0.717, 1.165) is 58.6 Å². The molecule has 0 bridgehead atoms. The molecule has 0 amide bonds. The van der Waals surface area contributed by atoms with Crippen LogP contribution < -0.4 is 16.4 Å². The average Bonchev–Trinajstić information content (AvgIpc) is 3.12. The smallest absolute Gasteiger partial charge is 0.318 e. The number of aromatic nitrogens is 5. The van der Waals surface area contributed by atoms with Crippen molar-refractivity contribution in [3.63, 3.8) is 0 Å². The topological polar surface area (TPSA) is 94.7 Å². The van der Waals surface area contributed by atoms with Gasteiger partial charge in [-0.15, -0.1) is 11.3 Å². The van der Waals surface area contributed by atoms with E-state index in [1.54, 1.807) is 29.1 Å². The van der Waals surface area contributed by atoms with Crippen molar-refractivity contribution in [1.82, 2.24) is 24.1 Å². The van der Waals surface area contributed by atoms with Crippen LogP contribution in [0.1, 0.15) is 48.7 Å². The highest BCUT2D eigenvalue weighted by molar-refractivity contribution is 7.18. The van der Waals surface area contributed by atoms with E-state index in [4.69, 9.17) is 4.98 Å². The number of fused-ring (bicyclic) bond motifs is 2. The maximum Gasteiger partial charge on any atom is 0.318 e. The lowest BCUT2D eigenvalue weighted by atomic mass is 9.95. The molecule has 3 aromatic heterocycles. The van der Waals surface area contributed by atoms with Gasteiger partial charge in [-0.25, -0.2) is 9.97 Å². The second kappa shape index (κ2) is 7.56. The molecular formula is C22H24N6O2S. The van der Waals surface area contributed by atoms with Gasteiger partial charge in [0.05, 0.1) is 21.4 Å². The van der Waals surface area contributed by atoms with Crippen LogP contribution in [0.4, 0.5) is 11.6 Å². The molecule has 5 rings (SSSR count). The highest BCUT2D eigenvalue weighted by Crippen LogP contribution is 2.31. The third kappa shape index (κ3) is 3.42. The quantitative estimate of drug-likeness (QED) is 0.489. The fourth-order valence-corrected chi connectivity index (χ4v) is 5.27. The van der Waals surface area contributed by atoms with Crippen molar-refractivity contribution >= 4 is 44.4 Å². The maximum absolute atomic E-state index is 12.9. The predicted molar refractivity (Wildman–Crippen MR) is 124 cm³/mol. The summed E-state index contributed by atoms with van der Waals surface area (Å²) >= 11 is 1.64. The molecule has 1 saturated carbocycles. The summed E-state index contributed by atoms with van der Waals surface area (Å²) in [6.45, 7) is 4.01. The molecule has 1 aromatic carbocycles. The summed E-state index contributed by atoms with van der Waals surface area (Å²) in [6, 6.07) is 4.10.